The molecule has 1 heterocycles. The maximum absolute atomic E-state index is 12.1. The van der Waals surface area contributed by atoms with Crippen molar-refractivity contribution in [2.24, 2.45) is 0 Å². The Morgan fingerprint density at radius 1 is 1.43 bits per heavy atom. The molecule has 0 bridgehead atoms. The lowest BCUT2D eigenvalue weighted by Crippen LogP contribution is -2.42. The van der Waals surface area contributed by atoms with Crippen molar-refractivity contribution in [2.45, 2.75) is 30.2 Å². The van der Waals surface area contributed by atoms with Crippen LogP contribution in [0.15, 0.2) is 29.2 Å². The number of rotatable bonds is 7. The van der Waals surface area contributed by atoms with Gasteiger partial charge in [0.05, 0.1) is 17.5 Å². The Labute approximate surface area is 137 Å². The fourth-order valence-corrected chi connectivity index (χ4v) is 3.21. The minimum absolute atomic E-state index is 0.0487. The van der Waals surface area contributed by atoms with Gasteiger partial charge >= 0.3 is 0 Å². The monoisotopic (exact) mass is 340 g/mol. The smallest absolute Gasteiger partial charge is 0.239 e. The highest BCUT2D eigenvalue weighted by atomic mass is 32.2. The molecule has 1 amide bonds. The lowest BCUT2D eigenvalue weighted by molar-refractivity contribution is -0.131. The zero-order valence-electron chi connectivity index (χ0n) is 13.6. The highest BCUT2D eigenvalue weighted by Crippen LogP contribution is 2.17. The SMILES string of the molecule is CN(CCCOc1cccc(S(C)(=O)=O)c1)C(=O)C1CCCN1. The molecule has 1 atom stereocenters. The number of ether oxygens (including phenoxy) is 1. The van der Waals surface area contributed by atoms with Crippen LogP contribution in [-0.2, 0) is 14.6 Å². The molecule has 0 aliphatic carbocycles. The van der Waals surface area contributed by atoms with Crippen molar-refractivity contribution in [2.75, 3.05) is 33.0 Å². The van der Waals surface area contributed by atoms with Gasteiger partial charge in [-0.25, -0.2) is 8.42 Å². The van der Waals surface area contributed by atoms with Crippen LogP contribution in [0.3, 0.4) is 0 Å². The molecule has 1 N–H and O–H groups in total. The third kappa shape index (κ3) is 5.21. The van der Waals surface area contributed by atoms with E-state index in [-0.39, 0.29) is 16.8 Å². The molecule has 1 saturated heterocycles. The predicted molar refractivity (Wildman–Crippen MR) is 88.3 cm³/mol. The van der Waals surface area contributed by atoms with Crippen LogP contribution in [0.4, 0.5) is 0 Å². The maximum atomic E-state index is 12.1. The summed E-state index contributed by atoms with van der Waals surface area (Å²) in [6.45, 7) is 1.95. The van der Waals surface area contributed by atoms with Crippen LogP contribution in [0.1, 0.15) is 19.3 Å². The lowest BCUT2D eigenvalue weighted by Gasteiger charge is -2.21. The summed E-state index contributed by atoms with van der Waals surface area (Å²) in [6.07, 6.45) is 3.81. The third-order valence-corrected chi connectivity index (χ3v) is 4.99. The van der Waals surface area contributed by atoms with Gasteiger partial charge < -0.3 is 15.0 Å². The standard InChI is InChI=1S/C16H24N2O4S/c1-18(16(19)15-8-4-9-17-15)10-5-11-22-13-6-3-7-14(12-13)23(2,20)21/h3,6-7,12,15,17H,4-5,8-11H2,1-2H3. The Morgan fingerprint density at radius 2 is 2.22 bits per heavy atom. The third-order valence-electron chi connectivity index (χ3n) is 3.87. The second kappa shape index (κ2) is 7.79. The maximum Gasteiger partial charge on any atom is 0.239 e. The van der Waals surface area contributed by atoms with Gasteiger partial charge in [-0.1, -0.05) is 6.07 Å². The van der Waals surface area contributed by atoms with Crippen molar-refractivity contribution in [3.05, 3.63) is 24.3 Å². The van der Waals surface area contributed by atoms with Crippen LogP contribution >= 0.6 is 0 Å². The zero-order chi connectivity index (χ0) is 16.9. The van der Waals surface area contributed by atoms with Crippen molar-refractivity contribution in [3.8, 4) is 5.75 Å². The van der Waals surface area contributed by atoms with E-state index in [1.807, 2.05) is 0 Å². The first-order valence-corrected chi connectivity index (χ1v) is 9.68. The summed E-state index contributed by atoms with van der Waals surface area (Å²) in [5.74, 6) is 0.654. The average Bonchev–Trinajstić information content (AvgIpc) is 3.04. The number of carbonyl (C=O) groups is 1. The summed E-state index contributed by atoms with van der Waals surface area (Å²) in [4.78, 5) is 14.1. The molecule has 128 valence electrons. The molecule has 1 aliphatic rings. The number of carbonyl (C=O) groups excluding carboxylic acids is 1. The summed E-state index contributed by atoms with van der Waals surface area (Å²) < 4.78 is 28.6. The molecule has 7 heteroatoms. The Balaban J connectivity index is 1.76. The summed E-state index contributed by atoms with van der Waals surface area (Å²) in [5.41, 5.74) is 0. The molecule has 0 aromatic heterocycles. The molecule has 1 fully saturated rings. The molecule has 0 spiro atoms. The number of benzene rings is 1. The van der Waals surface area contributed by atoms with E-state index in [9.17, 15) is 13.2 Å². The number of nitrogens with one attached hydrogen (secondary N) is 1. The van der Waals surface area contributed by atoms with E-state index in [0.717, 1.165) is 19.4 Å². The average molecular weight is 340 g/mol. The molecule has 1 unspecified atom stereocenters. The van der Waals surface area contributed by atoms with E-state index < -0.39 is 9.84 Å². The summed E-state index contributed by atoms with van der Waals surface area (Å²) in [7, 11) is -1.43. The van der Waals surface area contributed by atoms with E-state index in [4.69, 9.17) is 4.74 Å². The normalized spacial score (nSPS) is 17.9. The molecular weight excluding hydrogens is 316 g/mol. The summed E-state index contributed by atoms with van der Waals surface area (Å²) in [5, 5.41) is 3.19. The molecule has 1 aromatic carbocycles. The highest BCUT2D eigenvalue weighted by molar-refractivity contribution is 7.90. The lowest BCUT2D eigenvalue weighted by atomic mass is 10.2. The van der Waals surface area contributed by atoms with Crippen molar-refractivity contribution in [3.63, 3.8) is 0 Å². The molecule has 0 saturated carbocycles. The van der Waals surface area contributed by atoms with Crippen molar-refractivity contribution in [1.29, 1.82) is 0 Å². The number of hydrogen-bond acceptors (Lipinski definition) is 5. The Bertz CT molecular complexity index is 639. The predicted octanol–water partition coefficient (Wildman–Crippen LogP) is 1.07. The van der Waals surface area contributed by atoms with Gasteiger partial charge in [0.15, 0.2) is 9.84 Å². The van der Waals surface area contributed by atoms with E-state index >= 15 is 0 Å². The number of sulfone groups is 1. The first-order valence-electron chi connectivity index (χ1n) is 7.79. The molecular formula is C16H24N2O4S. The highest BCUT2D eigenvalue weighted by Gasteiger charge is 2.24. The second-order valence-corrected chi connectivity index (χ2v) is 7.87. The van der Waals surface area contributed by atoms with Gasteiger partial charge in [0, 0.05) is 19.8 Å². The fraction of sp³-hybridized carbons (Fsp3) is 0.562. The van der Waals surface area contributed by atoms with Crippen LogP contribution in [0, 0.1) is 0 Å². The molecule has 2 rings (SSSR count). The zero-order valence-corrected chi connectivity index (χ0v) is 14.4. The Kier molecular flexibility index (Phi) is 6.01. The van der Waals surface area contributed by atoms with E-state index in [0.29, 0.717) is 25.3 Å². The fourth-order valence-electron chi connectivity index (χ4n) is 2.56. The summed E-state index contributed by atoms with van der Waals surface area (Å²) in [6, 6.07) is 6.40. The Hall–Kier alpha value is -1.60. The molecule has 23 heavy (non-hydrogen) atoms. The summed E-state index contributed by atoms with van der Waals surface area (Å²) >= 11 is 0. The minimum Gasteiger partial charge on any atom is -0.493 e. The minimum atomic E-state index is -3.23. The van der Waals surface area contributed by atoms with E-state index in [1.54, 1.807) is 30.1 Å². The van der Waals surface area contributed by atoms with Crippen LogP contribution < -0.4 is 10.1 Å². The first-order chi connectivity index (χ1) is 10.9. The van der Waals surface area contributed by atoms with E-state index in [1.165, 1.54) is 12.3 Å². The van der Waals surface area contributed by atoms with Crippen molar-refractivity contribution in [1.82, 2.24) is 10.2 Å². The van der Waals surface area contributed by atoms with Gasteiger partial charge in [-0.2, -0.15) is 0 Å². The van der Waals surface area contributed by atoms with Gasteiger partial charge in [0.1, 0.15) is 5.75 Å². The molecule has 1 aromatic rings. The van der Waals surface area contributed by atoms with Crippen LogP contribution in [0.2, 0.25) is 0 Å². The first kappa shape index (κ1) is 17.7. The van der Waals surface area contributed by atoms with Crippen LogP contribution in [0.25, 0.3) is 0 Å². The van der Waals surface area contributed by atoms with Gasteiger partial charge in [-0.3, -0.25) is 4.79 Å². The number of amides is 1. The van der Waals surface area contributed by atoms with Gasteiger partial charge in [-0.05, 0) is 44.0 Å². The largest absolute Gasteiger partial charge is 0.493 e. The Morgan fingerprint density at radius 3 is 2.87 bits per heavy atom. The number of likely N-dealkylation sites (N-methyl/N-ethyl adjacent to an activating group) is 1. The van der Waals surface area contributed by atoms with Crippen molar-refractivity contribution >= 4 is 15.7 Å². The number of nitrogens with zero attached hydrogens (tertiary/aromatic N) is 1. The van der Waals surface area contributed by atoms with Gasteiger partial charge in [-0.15, -0.1) is 0 Å². The topological polar surface area (TPSA) is 75.7 Å². The molecule has 0 radical (unpaired) electrons. The van der Waals surface area contributed by atoms with Gasteiger partial charge in [0.25, 0.3) is 0 Å². The van der Waals surface area contributed by atoms with Crippen molar-refractivity contribution < 1.29 is 17.9 Å². The molecule has 6 nitrogen and oxygen atoms in total. The second-order valence-electron chi connectivity index (χ2n) is 5.86. The van der Waals surface area contributed by atoms with Crippen LogP contribution in [-0.4, -0.2) is 58.3 Å². The molecule has 1 aliphatic heterocycles. The quantitative estimate of drug-likeness (QED) is 0.752. The number of hydrogen-bond donors (Lipinski definition) is 1. The van der Waals surface area contributed by atoms with E-state index in [2.05, 4.69) is 5.32 Å². The van der Waals surface area contributed by atoms with Crippen LogP contribution in [0.5, 0.6) is 5.75 Å². The van der Waals surface area contributed by atoms with Gasteiger partial charge in [0.2, 0.25) is 5.91 Å².